The van der Waals surface area contributed by atoms with Crippen LogP contribution in [-0.4, -0.2) is 68.8 Å². The Morgan fingerprint density at radius 3 is 2.65 bits per heavy atom. The highest BCUT2D eigenvalue weighted by molar-refractivity contribution is 6.35. The molecule has 0 aliphatic carbocycles. The van der Waals surface area contributed by atoms with Crippen molar-refractivity contribution in [1.82, 2.24) is 9.80 Å². The Labute approximate surface area is 190 Å². The van der Waals surface area contributed by atoms with Gasteiger partial charge in [0.1, 0.15) is 17.3 Å². The van der Waals surface area contributed by atoms with Crippen molar-refractivity contribution < 1.29 is 23.4 Å². The third-order valence-corrected chi connectivity index (χ3v) is 6.48. The minimum absolute atomic E-state index is 0.0659. The summed E-state index contributed by atoms with van der Waals surface area (Å²) in [5.41, 5.74) is 1.19. The van der Waals surface area contributed by atoms with E-state index in [0.29, 0.717) is 49.8 Å². The summed E-state index contributed by atoms with van der Waals surface area (Å²) in [6.07, 6.45) is -0.186. The van der Waals surface area contributed by atoms with Gasteiger partial charge in [0.2, 0.25) is 0 Å². The fourth-order valence-corrected chi connectivity index (χ4v) is 4.50. The van der Waals surface area contributed by atoms with Crippen LogP contribution in [0.5, 0.6) is 11.5 Å². The Balaban J connectivity index is 1.46. The third-order valence-electron chi connectivity index (χ3n) is 5.80. The van der Waals surface area contributed by atoms with Gasteiger partial charge in [-0.3, -0.25) is 9.69 Å². The molecule has 4 rings (SSSR count). The van der Waals surface area contributed by atoms with Crippen LogP contribution in [0, 0.1) is 5.82 Å². The summed E-state index contributed by atoms with van der Waals surface area (Å²) in [7, 11) is 3.03. The van der Waals surface area contributed by atoms with Crippen molar-refractivity contribution in [2.45, 2.75) is 12.1 Å². The number of morpholine rings is 1. The van der Waals surface area contributed by atoms with Crippen LogP contribution < -0.4 is 9.47 Å². The van der Waals surface area contributed by atoms with Gasteiger partial charge in [0.15, 0.2) is 0 Å². The summed E-state index contributed by atoms with van der Waals surface area (Å²) in [6, 6.07) is 8.01. The molecule has 1 amide bonds. The molecule has 31 heavy (non-hydrogen) atoms. The minimum Gasteiger partial charge on any atom is -0.497 e. The van der Waals surface area contributed by atoms with E-state index in [1.165, 1.54) is 20.3 Å². The summed E-state index contributed by atoms with van der Waals surface area (Å²) >= 11 is 12.3. The minimum atomic E-state index is -0.445. The molecule has 2 saturated heterocycles. The van der Waals surface area contributed by atoms with Crippen LogP contribution in [0.2, 0.25) is 10.0 Å². The Morgan fingerprint density at radius 1 is 1.13 bits per heavy atom. The van der Waals surface area contributed by atoms with E-state index < -0.39 is 5.82 Å². The van der Waals surface area contributed by atoms with Crippen LogP contribution in [0.4, 0.5) is 4.39 Å². The molecule has 9 heteroatoms. The molecule has 0 radical (unpaired) electrons. The molecular weight excluding hydrogens is 446 g/mol. The molecule has 0 bridgehead atoms. The van der Waals surface area contributed by atoms with Crippen molar-refractivity contribution >= 4 is 29.1 Å². The highest BCUT2D eigenvalue weighted by Gasteiger charge is 2.36. The Morgan fingerprint density at radius 2 is 1.94 bits per heavy atom. The maximum Gasteiger partial charge on any atom is 0.255 e. The van der Waals surface area contributed by atoms with E-state index in [1.807, 2.05) is 0 Å². The lowest BCUT2D eigenvalue weighted by Gasteiger charge is -2.46. The van der Waals surface area contributed by atoms with Crippen LogP contribution in [0.1, 0.15) is 22.0 Å². The average molecular weight is 469 g/mol. The summed E-state index contributed by atoms with van der Waals surface area (Å²) < 4.78 is 30.1. The lowest BCUT2D eigenvalue weighted by molar-refractivity contribution is -0.0858. The van der Waals surface area contributed by atoms with Crippen molar-refractivity contribution in [2.75, 3.05) is 47.0 Å². The quantitative estimate of drug-likeness (QED) is 0.677. The highest BCUT2D eigenvalue weighted by atomic mass is 35.5. The molecule has 0 unspecified atom stereocenters. The Bertz CT molecular complexity index is 990. The predicted molar refractivity (Wildman–Crippen MR) is 116 cm³/mol. The van der Waals surface area contributed by atoms with Crippen molar-refractivity contribution in [3.8, 4) is 11.5 Å². The smallest absolute Gasteiger partial charge is 0.255 e. The third kappa shape index (κ3) is 4.46. The highest BCUT2D eigenvalue weighted by Crippen LogP contribution is 2.35. The first kappa shape index (κ1) is 22.1. The number of carbonyl (C=O) groups is 1. The van der Waals surface area contributed by atoms with Crippen molar-refractivity contribution in [3.05, 3.63) is 57.3 Å². The van der Waals surface area contributed by atoms with E-state index in [-0.39, 0.29) is 28.1 Å². The first-order chi connectivity index (χ1) is 14.9. The molecule has 2 aromatic rings. The number of amides is 1. The Kier molecular flexibility index (Phi) is 6.57. The number of hydrogen-bond donors (Lipinski definition) is 0. The fraction of sp³-hybridized carbons (Fsp3) is 0.409. The predicted octanol–water partition coefficient (Wildman–Crippen LogP) is 4.05. The van der Waals surface area contributed by atoms with Gasteiger partial charge in [-0.05, 0) is 23.8 Å². The van der Waals surface area contributed by atoms with Crippen LogP contribution in [0.25, 0.3) is 0 Å². The number of halogens is 3. The molecule has 2 heterocycles. The average Bonchev–Trinajstić information content (AvgIpc) is 2.80. The number of methoxy groups -OCH3 is 2. The van der Waals surface area contributed by atoms with E-state index in [4.69, 9.17) is 37.4 Å². The molecule has 2 fully saturated rings. The molecule has 2 aliphatic heterocycles. The van der Waals surface area contributed by atoms with E-state index in [9.17, 15) is 9.18 Å². The SMILES string of the molecule is COc1cc(OC)c(Cl)c(C(=O)N2CCN3C[C@@H](c4ccc(F)c(Cl)c4)OC[C@@H]3C2)c1. The van der Waals surface area contributed by atoms with E-state index >= 15 is 0 Å². The van der Waals surface area contributed by atoms with Gasteiger partial charge >= 0.3 is 0 Å². The standard InChI is InChI=1S/C22H23Cl2FN2O4/c1-29-15-8-16(21(24)19(9-15)30-2)22(28)27-6-5-26-11-20(31-12-14(26)10-27)13-3-4-18(25)17(23)7-13/h3-4,7-9,14,20H,5-6,10-12H2,1-2H3/t14-,20-/m0/s1. The van der Waals surface area contributed by atoms with E-state index in [2.05, 4.69) is 4.90 Å². The zero-order valence-corrected chi connectivity index (χ0v) is 18.8. The largest absolute Gasteiger partial charge is 0.497 e. The molecular formula is C22H23Cl2FN2O4. The van der Waals surface area contributed by atoms with Crippen molar-refractivity contribution in [2.24, 2.45) is 0 Å². The first-order valence-electron chi connectivity index (χ1n) is 9.92. The van der Waals surface area contributed by atoms with Crippen LogP contribution in [0.3, 0.4) is 0 Å². The van der Waals surface area contributed by atoms with Gasteiger partial charge in [-0.25, -0.2) is 4.39 Å². The van der Waals surface area contributed by atoms with Gasteiger partial charge in [-0.1, -0.05) is 29.3 Å². The van der Waals surface area contributed by atoms with Gasteiger partial charge in [-0.2, -0.15) is 0 Å². The molecule has 2 aliphatic rings. The van der Waals surface area contributed by atoms with Crippen LogP contribution >= 0.6 is 23.2 Å². The number of ether oxygens (including phenoxy) is 3. The van der Waals surface area contributed by atoms with E-state index in [1.54, 1.807) is 29.2 Å². The summed E-state index contributed by atoms with van der Waals surface area (Å²) in [6.45, 7) is 2.89. The normalized spacial score (nSPS) is 21.5. The molecule has 166 valence electrons. The zero-order valence-electron chi connectivity index (χ0n) is 17.2. The molecule has 2 aromatic carbocycles. The molecule has 2 atom stereocenters. The summed E-state index contributed by atoms with van der Waals surface area (Å²) in [5, 5.41) is 0.355. The molecule has 0 saturated carbocycles. The number of rotatable bonds is 4. The number of nitrogens with zero attached hydrogens (tertiary/aromatic N) is 2. The lowest BCUT2D eigenvalue weighted by atomic mass is 10.0. The number of hydrogen-bond acceptors (Lipinski definition) is 5. The van der Waals surface area contributed by atoms with Crippen molar-refractivity contribution in [1.29, 1.82) is 0 Å². The van der Waals surface area contributed by atoms with Gasteiger partial charge < -0.3 is 19.1 Å². The topological polar surface area (TPSA) is 51.2 Å². The van der Waals surface area contributed by atoms with Gasteiger partial charge in [0.25, 0.3) is 5.91 Å². The number of benzene rings is 2. The molecule has 0 spiro atoms. The second kappa shape index (κ2) is 9.20. The maximum atomic E-state index is 13.5. The molecule has 0 N–H and O–H groups in total. The second-order valence-electron chi connectivity index (χ2n) is 7.59. The maximum absolute atomic E-state index is 13.5. The van der Waals surface area contributed by atoms with Gasteiger partial charge in [-0.15, -0.1) is 0 Å². The second-order valence-corrected chi connectivity index (χ2v) is 8.37. The number of piperazine rings is 1. The molecule has 0 aromatic heterocycles. The van der Waals surface area contributed by atoms with Gasteiger partial charge in [0.05, 0.1) is 48.6 Å². The Hall–Kier alpha value is -2.06. The first-order valence-corrected chi connectivity index (χ1v) is 10.7. The van der Waals surface area contributed by atoms with Crippen molar-refractivity contribution in [3.63, 3.8) is 0 Å². The number of carbonyl (C=O) groups excluding carboxylic acids is 1. The monoisotopic (exact) mass is 468 g/mol. The van der Waals surface area contributed by atoms with Crippen LogP contribution in [0.15, 0.2) is 30.3 Å². The molecule has 6 nitrogen and oxygen atoms in total. The van der Waals surface area contributed by atoms with Gasteiger partial charge in [0, 0.05) is 32.2 Å². The van der Waals surface area contributed by atoms with Crippen LogP contribution in [-0.2, 0) is 4.74 Å². The fourth-order valence-electron chi connectivity index (χ4n) is 4.05. The summed E-state index contributed by atoms with van der Waals surface area (Å²) in [4.78, 5) is 17.3. The summed E-state index contributed by atoms with van der Waals surface area (Å²) in [5.74, 6) is 0.281. The lowest BCUT2D eigenvalue weighted by Crippen LogP contribution is -2.59. The van der Waals surface area contributed by atoms with E-state index in [0.717, 1.165) is 5.56 Å². The zero-order chi connectivity index (χ0) is 22.1. The number of fused-ring (bicyclic) bond motifs is 1.